The Morgan fingerprint density at radius 3 is 2.63 bits per heavy atom. The summed E-state index contributed by atoms with van der Waals surface area (Å²) in [6.45, 7) is 3.17. The van der Waals surface area contributed by atoms with Gasteiger partial charge in [-0.25, -0.2) is 0 Å². The molecule has 1 aliphatic heterocycles. The quantitative estimate of drug-likeness (QED) is 0.767. The Morgan fingerprint density at radius 1 is 1.00 bits per heavy atom. The van der Waals surface area contributed by atoms with Crippen LogP contribution in [0.5, 0.6) is 0 Å². The van der Waals surface area contributed by atoms with Crippen LogP contribution < -0.4 is 16.4 Å². The van der Waals surface area contributed by atoms with Gasteiger partial charge in [0.15, 0.2) is 0 Å². The second kappa shape index (κ2) is 4.50. The summed E-state index contributed by atoms with van der Waals surface area (Å²) < 4.78 is 0. The minimum absolute atomic E-state index is 0.643. The Kier molecular flexibility index (Phi) is 2.82. The minimum Gasteiger partial charge on any atom is -0.397 e. The number of nitrogen functional groups attached to an aromatic ring is 2. The lowest BCUT2D eigenvalue weighted by molar-refractivity contribution is 0.766. The first kappa shape index (κ1) is 11.9. The number of aryl methyl sites for hydroxylation is 2. The van der Waals surface area contributed by atoms with Crippen LogP contribution in [0, 0.1) is 6.92 Å². The van der Waals surface area contributed by atoms with E-state index in [1.54, 1.807) is 0 Å². The van der Waals surface area contributed by atoms with Crippen LogP contribution in [0.2, 0.25) is 0 Å². The highest BCUT2D eigenvalue weighted by Gasteiger charge is 2.18. The SMILES string of the molecule is Cc1ccc2c(c1)CCCN2c1ccc(N)c(N)c1. The van der Waals surface area contributed by atoms with Crippen molar-refractivity contribution in [1.82, 2.24) is 0 Å². The number of anilines is 4. The third-order valence-corrected chi connectivity index (χ3v) is 3.74. The van der Waals surface area contributed by atoms with Crippen molar-refractivity contribution < 1.29 is 0 Å². The van der Waals surface area contributed by atoms with Crippen LogP contribution in [0.15, 0.2) is 36.4 Å². The second-order valence-electron chi connectivity index (χ2n) is 5.20. The summed E-state index contributed by atoms with van der Waals surface area (Å²) in [5.41, 5.74) is 18.2. The number of benzene rings is 2. The molecule has 0 amide bonds. The molecule has 98 valence electrons. The molecule has 3 heteroatoms. The van der Waals surface area contributed by atoms with Crippen molar-refractivity contribution in [3.05, 3.63) is 47.5 Å². The highest BCUT2D eigenvalue weighted by molar-refractivity contribution is 5.75. The first-order valence-corrected chi connectivity index (χ1v) is 6.67. The van der Waals surface area contributed by atoms with Gasteiger partial charge in [0.1, 0.15) is 0 Å². The topological polar surface area (TPSA) is 55.3 Å². The van der Waals surface area contributed by atoms with Gasteiger partial charge in [-0.2, -0.15) is 0 Å². The molecule has 0 bridgehead atoms. The molecule has 3 rings (SSSR count). The van der Waals surface area contributed by atoms with Crippen molar-refractivity contribution in [2.45, 2.75) is 19.8 Å². The van der Waals surface area contributed by atoms with E-state index >= 15 is 0 Å². The fraction of sp³-hybridized carbons (Fsp3) is 0.250. The lowest BCUT2D eigenvalue weighted by Crippen LogP contribution is -2.24. The zero-order valence-electron chi connectivity index (χ0n) is 11.2. The number of hydrogen-bond donors (Lipinski definition) is 2. The summed E-state index contributed by atoms with van der Waals surface area (Å²) in [5, 5.41) is 0. The van der Waals surface area contributed by atoms with Crippen molar-refractivity contribution in [1.29, 1.82) is 0 Å². The van der Waals surface area contributed by atoms with E-state index < -0.39 is 0 Å². The van der Waals surface area contributed by atoms with Crippen LogP contribution in [0.4, 0.5) is 22.7 Å². The van der Waals surface area contributed by atoms with E-state index in [2.05, 4.69) is 30.0 Å². The van der Waals surface area contributed by atoms with Crippen molar-refractivity contribution in [3.8, 4) is 0 Å². The van der Waals surface area contributed by atoms with Gasteiger partial charge in [0, 0.05) is 17.9 Å². The standard InChI is InChI=1S/C16H19N3/c1-11-4-7-16-12(9-11)3-2-8-19(16)13-5-6-14(17)15(18)10-13/h4-7,9-10H,2-3,8,17-18H2,1H3. The third-order valence-electron chi connectivity index (χ3n) is 3.74. The van der Waals surface area contributed by atoms with Gasteiger partial charge >= 0.3 is 0 Å². The zero-order chi connectivity index (χ0) is 13.4. The van der Waals surface area contributed by atoms with Gasteiger partial charge in [0.2, 0.25) is 0 Å². The number of fused-ring (bicyclic) bond motifs is 1. The fourth-order valence-electron chi connectivity index (χ4n) is 2.72. The molecule has 0 aromatic heterocycles. The van der Waals surface area contributed by atoms with E-state index in [9.17, 15) is 0 Å². The molecule has 1 aliphatic rings. The maximum atomic E-state index is 5.92. The lowest BCUT2D eigenvalue weighted by Gasteiger charge is -2.32. The Hall–Kier alpha value is -2.16. The second-order valence-corrected chi connectivity index (χ2v) is 5.20. The molecule has 2 aromatic carbocycles. The Labute approximate surface area is 113 Å². The number of nitrogens with two attached hydrogens (primary N) is 2. The summed E-state index contributed by atoms with van der Waals surface area (Å²) in [7, 11) is 0. The molecule has 4 N–H and O–H groups in total. The van der Waals surface area contributed by atoms with Gasteiger partial charge in [0.25, 0.3) is 0 Å². The van der Waals surface area contributed by atoms with Crippen LogP contribution in [0.25, 0.3) is 0 Å². The average molecular weight is 253 g/mol. The average Bonchev–Trinajstić information content (AvgIpc) is 2.41. The maximum absolute atomic E-state index is 5.92. The highest BCUT2D eigenvalue weighted by Crippen LogP contribution is 2.35. The molecule has 19 heavy (non-hydrogen) atoms. The maximum Gasteiger partial charge on any atom is 0.0568 e. The van der Waals surface area contributed by atoms with Crippen LogP contribution in [0.3, 0.4) is 0 Å². The molecule has 0 saturated carbocycles. The smallest absolute Gasteiger partial charge is 0.0568 e. The van der Waals surface area contributed by atoms with Crippen molar-refractivity contribution >= 4 is 22.7 Å². The summed E-state index contributed by atoms with van der Waals surface area (Å²) in [4.78, 5) is 2.33. The van der Waals surface area contributed by atoms with E-state index in [0.29, 0.717) is 11.4 Å². The Balaban J connectivity index is 2.05. The van der Waals surface area contributed by atoms with Gasteiger partial charge in [0.05, 0.1) is 11.4 Å². The van der Waals surface area contributed by atoms with E-state index in [0.717, 1.165) is 18.7 Å². The summed E-state index contributed by atoms with van der Waals surface area (Å²) in [6.07, 6.45) is 2.32. The van der Waals surface area contributed by atoms with Crippen molar-refractivity contribution in [3.63, 3.8) is 0 Å². The van der Waals surface area contributed by atoms with Gasteiger partial charge < -0.3 is 16.4 Å². The van der Waals surface area contributed by atoms with Crippen molar-refractivity contribution in [2.75, 3.05) is 22.9 Å². The van der Waals surface area contributed by atoms with Gasteiger partial charge in [-0.3, -0.25) is 0 Å². The van der Waals surface area contributed by atoms with E-state index in [1.165, 1.54) is 23.2 Å². The molecule has 0 unspecified atom stereocenters. The van der Waals surface area contributed by atoms with Gasteiger partial charge in [-0.05, 0) is 49.6 Å². The van der Waals surface area contributed by atoms with Crippen LogP contribution >= 0.6 is 0 Å². The molecule has 1 heterocycles. The van der Waals surface area contributed by atoms with Gasteiger partial charge in [-0.15, -0.1) is 0 Å². The normalized spacial score (nSPS) is 14.3. The molecule has 0 atom stereocenters. The monoisotopic (exact) mass is 253 g/mol. The summed E-state index contributed by atoms with van der Waals surface area (Å²) in [5.74, 6) is 0. The molecule has 0 saturated heterocycles. The van der Waals surface area contributed by atoms with Crippen molar-refractivity contribution in [2.24, 2.45) is 0 Å². The fourth-order valence-corrected chi connectivity index (χ4v) is 2.72. The zero-order valence-corrected chi connectivity index (χ0v) is 11.2. The molecular formula is C16H19N3. The Morgan fingerprint density at radius 2 is 1.84 bits per heavy atom. The van der Waals surface area contributed by atoms with Crippen LogP contribution in [0.1, 0.15) is 17.5 Å². The third kappa shape index (κ3) is 2.12. The summed E-state index contributed by atoms with van der Waals surface area (Å²) >= 11 is 0. The number of hydrogen-bond acceptors (Lipinski definition) is 3. The first-order valence-electron chi connectivity index (χ1n) is 6.67. The highest BCUT2D eigenvalue weighted by atomic mass is 15.1. The Bertz CT molecular complexity index is 619. The lowest BCUT2D eigenvalue weighted by atomic mass is 9.99. The predicted octanol–water partition coefficient (Wildman–Crippen LogP) is 3.24. The van der Waals surface area contributed by atoms with E-state index in [4.69, 9.17) is 11.5 Å². The molecule has 0 aliphatic carbocycles. The van der Waals surface area contributed by atoms with Crippen LogP contribution in [-0.4, -0.2) is 6.54 Å². The molecule has 3 nitrogen and oxygen atoms in total. The van der Waals surface area contributed by atoms with Crippen LogP contribution in [-0.2, 0) is 6.42 Å². The van der Waals surface area contributed by atoms with E-state index in [1.807, 2.05) is 18.2 Å². The van der Waals surface area contributed by atoms with E-state index in [-0.39, 0.29) is 0 Å². The minimum atomic E-state index is 0.643. The number of rotatable bonds is 1. The summed E-state index contributed by atoms with van der Waals surface area (Å²) in [6, 6.07) is 12.5. The molecule has 2 aromatic rings. The largest absolute Gasteiger partial charge is 0.397 e. The molecular weight excluding hydrogens is 234 g/mol. The number of nitrogens with zero attached hydrogens (tertiary/aromatic N) is 1. The molecule has 0 fully saturated rings. The first-order chi connectivity index (χ1) is 9.15. The molecule has 0 radical (unpaired) electrons. The predicted molar refractivity (Wildman–Crippen MR) is 81.8 cm³/mol. The van der Waals surface area contributed by atoms with Gasteiger partial charge in [-0.1, -0.05) is 17.7 Å². The molecule has 0 spiro atoms.